The van der Waals surface area contributed by atoms with Crippen LogP contribution in [-0.4, -0.2) is 34.6 Å². The Morgan fingerprint density at radius 2 is 1.90 bits per heavy atom. The van der Waals surface area contributed by atoms with Gasteiger partial charge in [0.05, 0.1) is 30.3 Å². The Morgan fingerprint density at radius 1 is 1.16 bits per heavy atom. The largest absolute Gasteiger partial charge is 0.494 e. The average molecular weight is 421 g/mol. The number of fused-ring (bicyclic) bond motifs is 3. The first-order valence-electron chi connectivity index (χ1n) is 10.7. The molecule has 7 heteroatoms. The highest BCUT2D eigenvalue weighted by Crippen LogP contribution is 2.39. The Hall–Kier alpha value is -3.35. The maximum atomic E-state index is 12.9. The van der Waals surface area contributed by atoms with Gasteiger partial charge in [-0.15, -0.1) is 0 Å². The third-order valence-electron chi connectivity index (χ3n) is 5.43. The van der Waals surface area contributed by atoms with Gasteiger partial charge < -0.3 is 14.0 Å². The lowest BCUT2D eigenvalue weighted by molar-refractivity contribution is -0.152. The van der Waals surface area contributed by atoms with Crippen LogP contribution in [0.3, 0.4) is 0 Å². The summed E-state index contributed by atoms with van der Waals surface area (Å²) in [5.41, 5.74) is 2.41. The summed E-state index contributed by atoms with van der Waals surface area (Å²) in [6, 6.07) is 14.6. The van der Waals surface area contributed by atoms with Crippen LogP contribution in [0.2, 0.25) is 0 Å². The summed E-state index contributed by atoms with van der Waals surface area (Å²) in [5.74, 6) is -0.229. The first-order chi connectivity index (χ1) is 15.0. The number of carbonyl (C=O) groups is 2. The molecule has 1 N–H and O–H groups in total. The SMILES string of the molecule is CCOC(=O)C1C(=O)Nc2nc3ccccc3n2C1c1ccc(OCCC(C)C)cc1. The Balaban J connectivity index is 1.75. The Morgan fingerprint density at radius 3 is 2.61 bits per heavy atom. The zero-order valence-corrected chi connectivity index (χ0v) is 18.0. The molecule has 162 valence electrons. The zero-order chi connectivity index (χ0) is 22.0. The number of benzene rings is 2. The number of imidazole rings is 1. The number of anilines is 1. The van der Waals surface area contributed by atoms with Gasteiger partial charge in [-0.1, -0.05) is 38.1 Å². The molecular formula is C24H27N3O4. The van der Waals surface area contributed by atoms with Crippen molar-refractivity contribution in [1.82, 2.24) is 9.55 Å². The van der Waals surface area contributed by atoms with E-state index in [4.69, 9.17) is 9.47 Å². The highest BCUT2D eigenvalue weighted by molar-refractivity contribution is 6.07. The highest BCUT2D eigenvalue weighted by atomic mass is 16.5. The van der Waals surface area contributed by atoms with Crippen molar-refractivity contribution in [2.75, 3.05) is 18.5 Å². The van der Waals surface area contributed by atoms with Crippen LogP contribution in [0.25, 0.3) is 11.0 Å². The second kappa shape index (κ2) is 8.79. The number of amides is 1. The molecule has 2 aromatic carbocycles. The normalized spacial score (nSPS) is 18.0. The Kier molecular flexibility index (Phi) is 5.93. The van der Waals surface area contributed by atoms with Gasteiger partial charge in [-0.25, -0.2) is 4.98 Å². The third-order valence-corrected chi connectivity index (χ3v) is 5.43. The lowest BCUT2D eigenvalue weighted by Crippen LogP contribution is -2.43. The van der Waals surface area contributed by atoms with Crippen molar-refractivity contribution in [2.45, 2.75) is 33.2 Å². The molecule has 7 nitrogen and oxygen atoms in total. The second-order valence-corrected chi connectivity index (χ2v) is 8.06. The predicted octanol–water partition coefficient (Wildman–Crippen LogP) is 4.18. The van der Waals surface area contributed by atoms with Crippen LogP contribution in [0, 0.1) is 11.8 Å². The molecule has 0 saturated heterocycles. The van der Waals surface area contributed by atoms with Crippen molar-refractivity contribution in [3.05, 3.63) is 54.1 Å². The van der Waals surface area contributed by atoms with Crippen LogP contribution in [0.5, 0.6) is 5.75 Å². The quantitative estimate of drug-likeness (QED) is 0.457. The van der Waals surface area contributed by atoms with Crippen molar-refractivity contribution in [2.24, 2.45) is 11.8 Å². The van der Waals surface area contributed by atoms with E-state index in [1.54, 1.807) is 6.92 Å². The van der Waals surface area contributed by atoms with E-state index in [0.717, 1.165) is 28.8 Å². The molecular weight excluding hydrogens is 394 g/mol. The molecule has 1 aromatic heterocycles. The smallest absolute Gasteiger partial charge is 0.321 e. The molecule has 0 aliphatic carbocycles. The molecule has 1 aliphatic heterocycles. The maximum Gasteiger partial charge on any atom is 0.321 e. The molecule has 1 aliphatic rings. The summed E-state index contributed by atoms with van der Waals surface area (Å²) in [6.07, 6.45) is 0.972. The molecule has 0 saturated carbocycles. The van der Waals surface area contributed by atoms with Gasteiger partial charge >= 0.3 is 5.97 Å². The van der Waals surface area contributed by atoms with E-state index in [1.807, 2.05) is 53.1 Å². The summed E-state index contributed by atoms with van der Waals surface area (Å²) in [4.78, 5) is 30.3. The number of hydrogen-bond acceptors (Lipinski definition) is 5. The lowest BCUT2D eigenvalue weighted by atomic mass is 9.90. The molecule has 3 aromatic rings. The summed E-state index contributed by atoms with van der Waals surface area (Å²) in [5, 5.41) is 2.78. The van der Waals surface area contributed by atoms with Gasteiger partial charge in [0, 0.05) is 0 Å². The van der Waals surface area contributed by atoms with E-state index in [2.05, 4.69) is 24.1 Å². The fraction of sp³-hybridized carbons (Fsp3) is 0.375. The fourth-order valence-electron chi connectivity index (χ4n) is 3.88. The third kappa shape index (κ3) is 4.13. The first-order valence-corrected chi connectivity index (χ1v) is 10.7. The fourth-order valence-corrected chi connectivity index (χ4v) is 3.88. The minimum absolute atomic E-state index is 0.204. The molecule has 2 heterocycles. The Bertz CT molecular complexity index is 1090. The maximum absolute atomic E-state index is 12.9. The predicted molar refractivity (Wildman–Crippen MR) is 118 cm³/mol. The van der Waals surface area contributed by atoms with Gasteiger partial charge in [0.2, 0.25) is 11.9 Å². The van der Waals surface area contributed by atoms with Crippen LogP contribution in [-0.2, 0) is 14.3 Å². The van der Waals surface area contributed by atoms with Crippen LogP contribution in [0.1, 0.15) is 38.8 Å². The molecule has 0 spiro atoms. The van der Waals surface area contributed by atoms with E-state index in [9.17, 15) is 9.59 Å². The molecule has 0 fully saturated rings. The van der Waals surface area contributed by atoms with Gasteiger partial charge in [0.15, 0.2) is 5.92 Å². The number of rotatable bonds is 7. The van der Waals surface area contributed by atoms with E-state index in [1.165, 1.54) is 0 Å². The van der Waals surface area contributed by atoms with Crippen molar-refractivity contribution in [1.29, 1.82) is 0 Å². The van der Waals surface area contributed by atoms with Crippen LogP contribution < -0.4 is 10.1 Å². The highest BCUT2D eigenvalue weighted by Gasteiger charge is 2.44. The summed E-state index contributed by atoms with van der Waals surface area (Å²) in [6.45, 7) is 6.89. The first kappa shape index (κ1) is 20.9. The molecule has 4 rings (SSSR count). The molecule has 1 amide bonds. The van der Waals surface area contributed by atoms with Crippen molar-refractivity contribution in [3.63, 3.8) is 0 Å². The standard InChI is InChI=1S/C24H27N3O4/c1-4-30-23(29)20-21(16-9-11-17(12-10-16)31-14-13-15(2)3)27-19-8-6-5-7-18(19)25-24(27)26-22(20)28/h5-12,15,20-21H,4,13-14H2,1-3H3,(H,25,26,28). The van der Waals surface area contributed by atoms with Gasteiger partial charge in [-0.05, 0) is 49.1 Å². The second-order valence-electron chi connectivity index (χ2n) is 8.06. The van der Waals surface area contributed by atoms with Crippen LogP contribution in [0.15, 0.2) is 48.5 Å². The monoisotopic (exact) mass is 421 g/mol. The van der Waals surface area contributed by atoms with Crippen LogP contribution in [0.4, 0.5) is 5.95 Å². The number of nitrogens with zero attached hydrogens (tertiary/aromatic N) is 2. The van der Waals surface area contributed by atoms with E-state index in [0.29, 0.717) is 18.5 Å². The van der Waals surface area contributed by atoms with Crippen LogP contribution >= 0.6 is 0 Å². The number of ether oxygens (including phenoxy) is 2. The lowest BCUT2D eigenvalue weighted by Gasteiger charge is -2.32. The van der Waals surface area contributed by atoms with Gasteiger partial charge in [-0.3, -0.25) is 14.9 Å². The molecule has 0 bridgehead atoms. The Labute approximate surface area is 181 Å². The number of hydrogen-bond donors (Lipinski definition) is 1. The van der Waals surface area contributed by atoms with E-state index < -0.39 is 23.8 Å². The summed E-state index contributed by atoms with van der Waals surface area (Å²) in [7, 11) is 0. The number of para-hydroxylation sites is 2. The van der Waals surface area contributed by atoms with Gasteiger partial charge in [0.25, 0.3) is 0 Å². The van der Waals surface area contributed by atoms with E-state index in [-0.39, 0.29) is 6.61 Å². The van der Waals surface area contributed by atoms with Gasteiger partial charge in [-0.2, -0.15) is 0 Å². The average Bonchev–Trinajstić information content (AvgIpc) is 3.11. The van der Waals surface area contributed by atoms with Crippen molar-refractivity contribution in [3.8, 4) is 5.75 Å². The summed E-state index contributed by atoms with van der Waals surface area (Å²) >= 11 is 0. The molecule has 2 atom stereocenters. The minimum Gasteiger partial charge on any atom is -0.494 e. The van der Waals surface area contributed by atoms with Gasteiger partial charge in [0.1, 0.15) is 5.75 Å². The molecule has 31 heavy (non-hydrogen) atoms. The van der Waals surface area contributed by atoms with Crippen molar-refractivity contribution < 1.29 is 19.1 Å². The molecule has 2 unspecified atom stereocenters. The minimum atomic E-state index is -1.02. The number of esters is 1. The number of aromatic nitrogens is 2. The number of carbonyl (C=O) groups excluding carboxylic acids is 2. The summed E-state index contributed by atoms with van der Waals surface area (Å²) < 4.78 is 13.0. The topological polar surface area (TPSA) is 82.5 Å². The molecule has 0 radical (unpaired) electrons. The van der Waals surface area contributed by atoms with Crippen molar-refractivity contribution >= 4 is 28.9 Å². The number of nitrogens with one attached hydrogen (secondary N) is 1. The zero-order valence-electron chi connectivity index (χ0n) is 18.0. The van der Waals surface area contributed by atoms with E-state index >= 15 is 0 Å².